The summed E-state index contributed by atoms with van der Waals surface area (Å²) in [5.74, 6) is 0.110. The van der Waals surface area contributed by atoms with Crippen molar-refractivity contribution in [2.24, 2.45) is 0 Å². The Morgan fingerprint density at radius 2 is 2.00 bits per heavy atom. The first-order chi connectivity index (χ1) is 11.7. The summed E-state index contributed by atoms with van der Waals surface area (Å²) in [6, 6.07) is 16.5. The Hall–Kier alpha value is -2.62. The van der Waals surface area contributed by atoms with E-state index in [9.17, 15) is 4.79 Å². The van der Waals surface area contributed by atoms with E-state index in [1.165, 1.54) is 11.1 Å². The number of aromatic nitrogens is 2. The highest BCUT2D eigenvalue weighted by Gasteiger charge is 2.05. The van der Waals surface area contributed by atoms with Crippen LogP contribution in [0.4, 0.5) is 0 Å². The number of nitrogens with one attached hydrogen (secondary N) is 1. The monoisotopic (exact) mass is 321 g/mol. The maximum absolute atomic E-state index is 11.9. The van der Waals surface area contributed by atoms with Crippen molar-refractivity contribution in [2.45, 2.75) is 32.7 Å². The van der Waals surface area contributed by atoms with E-state index in [1.807, 2.05) is 29.1 Å². The molecule has 0 aliphatic rings. The van der Waals surface area contributed by atoms with Crippen LogP contribution in [0.2, 0.25) is 0 Å². The Balaban J connectivity index is 1.42. The lowest BCUT2D eigenvalue weighted by atomic mass is 10.1. The number of benzene rings is 2. The van der Waals surface area contributed by atoms with Gasteiger partial charge in [0.15, 0.2) is 0 Å². The molecule has 1 N–H and O–H groups in total. The van der Waals surface area contributed by atoms with Crippen LogP contribution in [0.5, 0.6) is 0 Å². The molecule has 0 saturated carbocycles. The second-order valence-corrected chi connectivity index (χ2v) is 6.12. The maximum Gasteiger partial charge on any atom is 0.220 e. The van der Waals surface area contributed by atoms with E-state index in [0.717, 1.165) is 30.3 Å². The molecular weight excluding hydrogens is 298 g/mol. The Morgan fingerprint density at radius 3 is 2.83 bits per heavy atom. The zero-order chi connectivity index (χ0) is 16.8. The molecule has 124 valence electrons. The summed E-state index contributed by atoms with van der Waals surface area (Å²) in [6.07, 6.45) is 4.08. The molecule has 0 radical (unpaired) electrons. The molecule has 0 spiro atoms. The van der Waals surface area contributed by atoms with Crippen LogP contribution in [0.3, 0.4) is 0 Å². The van der Waals surface area contributed by atoms with E-state index in [-0.39, 0.29) is 5.91 Å². The van der Waals surface area contributed by atoms with Gasteiger partial charge in [0.25, 0.3) is 0 Å². The predicted molar refractivity (Wildman–Crippen MR) is 96.9 cm³/mol. The van der Waals surface area contributed by atoms with Gasteiger partial charge in [0.1, 0.15) is 0 Å². The highest BCUT2D eigenvalue weighted by molar-refractivity contribution is 5.79. The van der Waals surface area contributed by atoms with Gasteiger partial charge < -0.3 is 5.32 Å². The molecule has 1 heterocycles. The van der Waals surface area contributed by atoms with E-state index in [0.29, 0.717) is 13.0 Å². The van der Waals surface area contributed by atoms with Gasteiger partial charge in [0.05, 0.1) is 11.7 Å². The average Bonchev–Trinajstić information content (AvgIpc) is 2.98. The topological polar surface area (TPSA) is 46.9 Å². The van der Waals surface area contributed by atoms with Gasteiger partial charge in [-0.15, -0.1) is 0 Å². The lowest BCUT2D eigenvalue weighted by Gasteiger charge is -2.06. The highest BCUT2D eigenvalue weighted by Crippen LogP contribution is 2.15. The van der Waals surface area contributed by atoms with Crippen molar-refractivity contribution in [3.05, 3.63) is 65.9 Å². The van der Waals surface area contributed by atoms with Gasteiger partial charge in [0, 0.05) is 24.9 Å². The molecule has 3 rings (SSSR count). The Kier molecular flexibility index (Phi) is 5.26. The summed E-state index contributed by atoms with van der Waals surface area (Å²) in [7, 11) is 0. The zero-order valence-electron chi connectivity index (χ0n) is 14.0. The second-order valence-electron chi connectivity index (χ2n) is 6.12. The predicted octanol–water partition coefficient (Wildman–Crippen LogP) is 3.48. The van der Waals surface area contributed by atoms with E-state index < -0.39 is 0 Å². The number of aryl methyl sites for hydroxylation is 2. The fourth-order valence-electron chi connectivity index (χ4n) is 2.83. The van der Waals surface area contributed by atoms with Gasteiger partial charge in [-0.25, -0.2) is 0 Å². The van der Waals surface area contributed by atoms with Crippen molar-refractivity contribution in [3.63, 3.8) is 0 Å². The lowest BCUT2D eigenvalue weighted by Crippen LogP contribution is -2.25. The van der Waals surface area contributed by atoms with Crippen molar-refractivity contribution in [1.82, 2.24) is 15.1 Å². The number of carbonyl (C=O) groups is 1. The number of fused-ring (bicyclic) bond motifs is 1. The van der Waals surface area contributed by atoms with Crippen LogP contribution in [0.1, 0.15) is 24.0 Å². The molecule has 4 heteroatoms. The normalized spacial score (nSPS) is 10.9. The number of carbonyl (C=O) groups excluding carboxylic acids is 1. The highest BCUT2D eigenvalue weighted by atomic mass is 16.1. The van der Waals surface area contributed by atoms with Crippen molar-refractivity contribution in [2.75, 3.05) is 6.54 Å². The molecule has 1 aromatic heterocycles. The van der Waals surface area contributed by atoms with Gasteiger partial charge in [-0.2, -0.15) is 5.10 Å². The number of amides is 1. The molecule has 0 aliphatic heterocycles. The van der Waals surface area contributed by atoms with Crippen molar-refractivity contribution < 1.29 is 4.79 Å². The molecular formula is C20H23N3O. The fourth-order valence-corrected chi connectivity index (χ4v) is 2.83. The van der Waals surface area contributed by atoms with Gasteiger partial charge in [0.2, 0.25) is 5.91 Å². The molecule has 4 nitrogen and oxygen atoms in total. The van der Waals surface area contributed by atoms with Gasteiger partial charge in [-0.1, -0.05) is 42.5 Å². The SMILES string of the molecule is Cc1ccc2cnn(CCCC(=O)NCCc3ccccc3)c2c1. The third-order valence-corrected chi connectivity index (χ3v) is 4.15. The van der Waals surface area contributed by atoms with E-state index in [1.54, 1.807) is 0 Å². The molecule has 0 fully saturated rings. The molecule has 24 heavy (non-hydrogen) atoms. The Bertz CT molecular complexity index is 808. The van der Waals surface area contributed by atoms with Crippen molar-refractivity contribution >= 4 is 16.8 Å². The number of rotatable bonds is 7. The summed E-state index contributed by atoms with van der Waals surface area (Å²) in [6.45, 7) is 3.53. The molecule has 3 aromatic rings. The van der Waals surface area contributed by atoms with Crippen LogP contribution in [-0.2, 0) is 17.8 Å². The molecule has 0 bridgehead atoms. The molecule has 0 saturated heterocycles. The Labute approximate surface area is 142 Å². The molecule has 0 unspecified atom stereocenters. The first-order valence-electron chi connectivity index (χ1n) is 8.45. The third kappa shape index (κ3) is 4.22. The average molecular weight is 321 g/mol. The summed E-state index contributed by atoms with van der Waals surface area (Å²) >= 11 is 0. The van der Waals surface area contributed by atoms with Crippen LogP contribution < -0.4 is 5.32 Å². The molecule has 0 aliphatic carbocycles. The van der Waals surface area contributed by atoms with Crippen molar-refractivity contribution in [3.8, 4) is 0 Å². The van der Waals surface area contributed by atoms with Gasteiger partial charge >= 0.3 is 0 Å². The molecule has 2 aromatic carbocycles. The van der Waals surface area contributed by atoms with E-state index in [2.05, 4.69) is 47.7 Å². The maximum atomic E-state index is 11.9. The third-order valence-electron chi connectivity index (χ3n) is 4.15. The summed E-state index contributed by atoms with van der Waals surface area (Å²) < 4.78 is 1.99. The molecule has 1 amide bonds. The minimum atomic E-state index is 0.110. The first-order valence-corrected chi connectivity index (χ1v) is 8.45. The Morgan fingerprint density at radius 1 is 1.17 bits per heavy atom. The standard InChI is InChI=1S/C20H23N3O/c1-16-9-10-18-15-22-23(19(18)14-16)13-5-8-20(24)21-12-11-17-6-3-2-4-7-17/h2-4,6-7,9-10,14-15H,5,8,11-13H2,1H3,(H,21,24). The summed E-state index contributed by atoms with van der Waals surface area (Å²) in [5.41, 5.74) is 3.61. The quantitative estimate of drug-likeness (QED) is 0.724. The summed E-state index contributed by atoms with van der Waals surface area (Å²) in [4.78, 5) is 11.9. The minimum absolute atomic E-state index is 0.110. The smallest absolute Gasteiger partial charge is 0.220 e. The lowest BCUT2D eigenvalue weighted by molar-refractivity contribution is -0.121. The largest absolute Gasteiger partial charge is 0.356 e. The van der Waals surface area contributed by atoms with E-state index >= 15 is 0 Å². The van der Waals surface area contributed by atoms with E-state index in [4.69, 9.17) is 0 Å². The van der Waals surface area contributed by atoms with Crippen LogP contribution in [0.15, 0.2) is 54.7 Å². The number of nitrogens with zero attached hydrogens (tertiary/aromatic N) is 2. The first kappa shape index (κ1) is 16.2. The number of hydrogen-bond acceptors (Lipinski definition) is 2. The summed E-state index contributed by atoms with van der Waals surface area (Å²) in [5, 5.41) is 8.56. The van der Waals surface area contributed by atoms with Crippen LogP contribution in [0, 0.1) is 6.92 Å². The van der Waals surface area contributed by atoms with Crippen LogP contribution in [-0.4, -0.2) is 22.2 Å². The zero-order valence-corrected chi connectivity index (χ0v) is 14.0. The molecule has 0 atom stereocenters. The van der Waals surface area contributed by atoms with Gasteiger partial charge in [-0.05, 0) is 37.0 Å². The van der Waals surface area contributed by atoms with Crippen molar-refractivity contribution in [1.29, 1.82) is 0 Å². The van der Waals surface area contributed by atoms with Crippen LogP contribution >= 0.6 is 0 Å². The van der Waals surface area contributed by atoms with Crippen LogP contribution in [0.25, 0.3) is 10.9 Å². The minimum Gasteiger partial charge on any atom is -0.356 e. The number of hydrogen-bond donors (Lipinski definition) is 1. The fraction of sp³-hybridized carbons (Fsp3) is 0.300. The van der Waals surface area contributed by atoms with Gasteiger partial charge in [-0.3, -0.25) is 9.48 Å². The second kappa shape index (κ2) is 7.77.